The van der Waals surface area contributed by atoms with Gasteiger partial charge in [0.1, 0.15) is 0 Å². The second-order valence-corrected chi connectivity index (χ2v) is 6.50. The molecule has 1 amide bonds. The molecule has 2 rings (SSSR count). The number of thioether (sulfide) groups is 1. The lowest BCUT2D eigenvalue weighted by Gasteiger charge is -2.19. The summed E-state index contributed by atoms with van der Waals surface area (Å²) in [6.07, 6.45) is 2.85. The summed E-state index contributed by atoms with van der Waals surface area (Å²) in [6, 6.07) is 15.7. The van der Waals surface area contributed by atoms with Gasteiger partial charge < -0.3 is 10.2 Å². The molecule has 2 aromatic carbocycles. The summed E-state index contributed by atoms with van der Waals surface area (Å²) in [5.41, 5.74) is 1.71. The molecule has 0 saturated heterocycles. The molecule has 0 bridgehead atoms. The number of carbonyl (C=O) groups excluding carboxylic acids is 1. The number of para-hydroxylation sites is 1. The maximum Gasteiger partial charge on any atom is 0.252 e. The molecule has 0 radical (unpaired) electrons. The van der Waals surface area contributed by atoms with Gasteiger partial charge in [-0.3, -0.25) is 4.79 Å². The molecule has 0 heterocycles. The predicted octanol–water partition coefficient (Wildman–Crippen LogP) is 4.32. The van der Waals surface area contributed by atoms with Gasteiger partial charge in [-0.15, -0.1) is 11.8 Å². The molecule has 0 saturated carbocycles. The molecule has 1 N–H and O–H groups in total. The van der Waals surface area contributed by atoms with E-state index in [-0.39, 0.29) is 5.91 Å². The van der Waals surface area contributed by atoms with Gasteiger partial charge in [-0.25, -0.2) is 0 Å². The van der Waals surface area contributed by atoms with Crippen LogP contribution in [0.4, 0.5) is 5.69 Å². The Kier molecular flexibility index (Phi) is 6.81. The van der Waals surface area contributed by atoms with Crippen molar-refractivity contribution in [3.05, 3.63) is 59.1 Å². The van der Waals surface area contributed by atoms with Gasteiger partial charge >= 0.3 is 0 Å². The van der Waals surface area contributed by atoms with E-state index >= 15 is 0 Å². The number of carbonyl (C=O) groups is 1. The molecule has 23 heavy (non-hydrogen) atoms. The molecule has 0 aromatic heterocycles. The number of rotatable bonds is 7. The van der Waals surface area contributed by atoms with E-state index in [1.165, 1.54) is 5.69 Å². The largest absolute Gasteiger partial charge is 0.375 e. The minimum Gasteiger partial charge on any atom is -0.375 e. The molecule has 2 aromatic rings. The topological polar surface area (TPSA) is 32.3 Å². The van der Waals surface area contributed by atoms with Gasteiger partial charge in [-0.2, -0.15) is 0 Å². The van der Waals surface area contributed by atoms with Crippen LogP contribution in [0.5, 0.6) is 0 Å². The smallest absolute Gasteiger partial charge is 0.252 e. The van der Waals surface area contributed by atoms with Crippen LogP contribution < -0.4 is 10.2 Å². The van der Waals surface area contributed by atoms with E-state index in [0.717, 1.165) is 17.9 Å². The molecule has 3 nitrogen and oxygen atoms in total. The monoisotopic (exact) mass is 348 g/mol. The van der Waals surface area contributed by atoms with Crippen molar-refractivity contribution in [2.75, 3.05) is 31.3 Å². The summed E-state index contributed by atoms with van der Waals surface area (Å²) >= 11 is 7.71. The lowest BCUT2D eigenvalue weighted by Crippen LogP contribution is -2.28. The Morgan fingerprint density at radius 3 is 2.65 bits per heavy atom. The minimum atomic E-state index is -0.117. The van der Waals surface area contributed by atoms with Crippen molar-refractivity contribution in [3.63, 3.8) is 0 Å². The first-order chi connectivity index (χ1) is 11.1. The molecule has 0 aliphatic rings. The third-order valence-electron chi connectivity index (χ3n) is 3.57. The van der Waals surface area contributed by atoms with Crippen LogP contribution >= 0.6 is 23.4 Å². The van der Waals surface area contributed by atoms with E-state index in [2.05, 4.69) is 29.4 Å². The first kappa shape index (κ1) is 17.7. The molecule has 0 atom stereocenters. The Morgan fingerprint density at radius 1 is 1.22 bits per heavy atom. The average Bonchev–Trinajstić information content (AvgIpc) is 2.59. The maximum atomic E-state index is 12.2. The second-order valence-electron chi connectivity index (χ2n) is 5.21. The highest BCUT2D eigenvalue weighted by atomic mass is 35.5. The fourth-order valence-electron chi connectivity index (χ4n) is 2.23. The van der Waals surface area contributed by atoms with Crippen molar-refractivity contribution in [2.24, 2.45) is 0 Å². The molecule has 0 spiro atoms. The van der Waals surface area contributed by atoms with E-state index in [0.29, 0.717) is 17.1 Å². The molecular weight excluding hydrogens is 328 g/mol. The van der Waals surface area contributed by atoms with Crippen LogP contribution in [0, 0.1) is 0 Å². The second kappa shape index (κ2) is 8.85. The van der Waals surface area contributed by atoms with E-state index in [1.807, 2.05) is 36.6 Å². The number of nitrogens with one attached hydrogen (secondary N) is 1. The lowest BCUT2D eigenvalue weighted by atomic mass is 10.2. The van der Waals surface area contributed by atoms with Gasteiger partial charge in [0.2, 0.25) is 0 Å². The average molecular weight is 349 g/mol. The van der Waals surface area contributed by atoms with Crippen LogP contribution in [-0.2, 0) is 0 Å². The number of halogens is 1. The van der Waals surface area contributed by atoms with E-state index in [9.17, 15) is 4.79 Å². The Morgan fingerprint density at radius 2 is 1.96 bits per heavy atom. The summed E-state index contributed by atoms with van der Waals surface area (Å²) in [7, 11) is 2.05. The van der Waals surface area contributed by atoms with Gasteiger partial charge in [-0.05, 0) is 43.0 Å². The number of benzene rings is 2. The van der Waals surface area contributed by atoms with Crippen molar-refractivity contribution >= 4 is 35.0 Å². The number of anilines is 1. The summed E-state index contributed by atoms with van der Waals surface area (Å²) in [5, 5.41) is 3.43. The number of hydrogen-bond acceptors (Lipinski definition) is 3. The van der Waals surface area contributed by atoms with Gasteiger partial charge in [-0.1, -0.05) is 29.8 Å². The Labute approximate surface area is 147 Å². The Balaban J connectivity index is 1.81. The molecule has 122 valence electrons. The fourth-order valence-corrected chi connectivity index (χ4v) is 2.87. The first-order valence-electron chi connectivity index (χ1n) is 7.49. The zero-order chi connectivity index (χ0) is 16.7. The van der Waals surface area contributed by atoms with Gasteiger partial charge in [0.05, 0.1) is 10.6 Å². The molecule has 0 fully saturated rings. The maximum absolute atomic E-state index is 12.2. The molecule has 0 aliphatic carbocycles. The Hall–Kier alpha value is -1.65. The van der Waals surface area contributed by atoms with Crippen LogP contribution in [0.15, 0.2) is 53.4 Å². The third kappa shape index (κ3) is 5.19. The third-order valence-corrected chi connectivity index (χ3v) is 4.63. The van der Waals surface area contributed by atoms with E-state index in [1.54, 1.807) is 17.8 Å². The molecule has 0 aliphatic heterocycles. The zero-order valence-corrected chi connectivity index (χ0v) is 15.0. The molecular formula is C18H21ClN2OS. The van der Waals surface area contributed by atoms with E-state index < -0.39 is 0 Å². The van der Waals surface area contributed by atoms with Crippen LogP contribution in [0.2, 0.25) is 5.02 Å². The number of hydrogen-bond donors (Lipinski definition) is 1. The summed E-state index contributed by atoms with van der Waals surface area (Å²) in [4.78, 5) is 15.4. The number of nitrogens with zero attached hydrogens (tertiary/aromatic N) is 1. The normalized spacial score (nSPS) is 10.4. The first-order valence-corrected chi connectivity index (χ1v) is 9.10. The van der Waals surface area contributed by atoms with E-state index in [4.69, 9.17) is 11.6 Å². The molecule has 5 heteroatoms. The van der Waals surface area contributed by atoms with Crippen molar-refractivity contribution in [3.8, 4) is 0 Å². The minimum absolute atomic E-state index is 0.117. The highest BCUT2D eigenvalue weighted by Gasteiger charge is 2.10. The summed E-state index contributed by atoms with van der Waals surface area (Å²) in [5.74, 6) is -0.117. The van der Waals surface area contributed by atoms with Crippen LogP contribution in [0.25, 0.3) is 0 Å². The van der Waals surface area contributed by atoms with Crippen molar-refractivity contribution in [1.82, 2.24) is 5.32 Å². The van der Waals surface area contributed by atoms with Crippen molar-refractivity contribution in [2.45, 2.75) is 11.3 Å². The SMILES string of the molecule is CSc1ccc(Cl)c(C(=O)NCCCN(C)c2ccccc2)c1. The summed E-state index contributed by atoms with van der Waals surface area (Å²) in [6.45, 7) is 1.50. The Bertz CT molecular complexity index is 649. The highest BCUT2D eigenvalue weighted by molar-refractivity contribution is 7.98. The fraction of sp³-hybridized carbons (Fsp3) is 0.278. The van der Waals surface area contributed by atoms with Crippen molar-refractivity contribution < 1.29 is 4.79 Å². The van der Waals surface area contributed by atoms with Crippen LogP contribution in [0.1, 0.15) is 16.8 Å². The quantitative estimate of drug-likeness (QED) is 0.597. The zero-order valence-electron chi connectivity index (χ0n) is 13.4. The van der Waals surface area contributed by atoms with Crippen LogP contribution in [0.3, 0.4) is 0 Å². The number of amides is 1. The van der Waals surface area contributed by atoms with Gasteiger partial charge in [0.15, 0.2) is 0 Å². The summed E-state index contributed by atoms with van der Waals surface area (Å²) < 4.78 is 0. The standard InChI is InChI=1S/C18H21ClN2OS/c1-21(14-7-4-3-5-8-14)12-6-11-20-18(22)16-13-15(23-2)9-10-17(16)19/h3-5,7-10,13H,6,11-12H2,1-2H3,(H,20,22). The van der Waals surface area contributed by atoms with Gasteiger partial charge in [0.25, 0.3) is 5.91 Å². The predicted molar refractivity (Wildman–Crippen MR) is 99.9 cm³/mol. The van der Waals surface area contributed by atoms with Crippen LogP contribution in [-0.4, -0.2) is 32.3 Å². The molecule has 0 unspecified atom stereocenters. The highest BCUT2D eigenvalue weighted by Crippen LogP contribution is 2.22. The van der Waals surface area contributed by atoms with Gasteiger partial charge in [0, 0.05) is 30.7 Å². The van der Waals surface area contributed by atoms with Crippen molar-refractivity contribution in [1.29, 1.82) is 0 Å². The lowest BCUT2D eigenvalue weighted by molar-refractivity contribution is 0.0953.